The molecule has 0 aliphatic carbocycles. The van der Waals surface area contributed by atoms with Crippen LogP contribution in [0.25, 0.3) is 17.5 Å². The molecule has 0 bridgehead atoms. The zero-order valence-corrected chi connectivity index (χ0v) is 22.2. The number of ether oxygens (including phenoxy) is 4. The molecule has 196 valence electrons. The van der Waals surface area contributed by atoms with E-state index in [9.17, 15) is 9.90 Å². The molecule has 0 saturated heterocycles. The molecule has 11 heteroatoms. The minimum Gasteiger partial charge on any atom is -0.497 e. The molecule has 0 amide bonds. The summed E-state index contributed by atoms with van der Waals surface area (Å²) in [4.78, 5) is 11.9. The molecule has 38 heavy (non-hydrogen) atoms. The molecular formula is C27H23ClN2O7S. The minimum absolute atomic E-state index is 0.0383. The smallest absolute Gasteiger partial charge is 0.342 e. The first-order valence-corrected chi connectivity index (χ1v) is 12.3. The maximum atomic E-state index is 12.0. The highest BCUT2D eigenvalue weighted by Crippen LogP contribution is 2.39. The van der Waals surface area contributed by atoms with Gasteiger partial charge in [0.15, 0.2) is 11.5 Å². The normalized spacial score (nSPS) is 11.2. The van der Waals surface area contributed by atoms with Crippen molar-refractivity contribution in [1.29, 1.82) is 0 Å². The highest BCUT2D eigenvalue weighted by atomic mass is 35.5. The second-order valence-electron chi connectivity index (χ2n) is 7.70. The number of halogens is 1. The van der Waals surface area contributed by atoms with Gasteiger partial charge in [0.25, 0.3) is 5.22 Å². The van der Waals surface area contributed by atoms with Crippen molar-refractivity contribution in [2.75, 3.05) is 21.3 Å². The first-order chi connectivity index (χ1) is 18.4. The van der Waals surface area contributed by atoms with Crippen molar-refractivity contribution in [1.82, 2.24) is 10.2 Å². The summed E-state index contributed by atoms with van der Waals surface area (Å²) in [5, 5.41) is 18.1. The first-order valence-electron chi connectivity index (χ1n) is 11.1. The van der Waals surface area contributed by atoms with Gasteiger partial charge in [0.05, 0.1) is 26.4 Å². The summed E-state index contributed by atoms with van der Waals surface area (Å²) >= 11 is 7.28. The Morgan fingerprint density at radius 2 is 1.71 bits per heavy atom. The largest absolute Gasteiger partial charge is 0.497 e. The predicted octanol–water partition coefficient (Wildman–Crippen LogP) is 6.21. The van der Waals surface area contributed by atoms with E-state index in [1.807, 2.05) is 30.3 Å². The van der Waals surface area contributed by atoms with E-state index in [4.69, 9.17) is 35.0 Å². The fourth-order valence-electron chi connectivity index (χ4n) is 3.37. The van der Waals surface area contributed by atoms with Crippen LogP contribution in [0.15, 0.2) is 75.2 Å². The van der Waals surface area contributed by atoms with Crippen LogP contribution in [0.2, 0.25) is 5.02 Å². The van der Waals surface area contributed by atoms with Crippen LogP contribution in [0.3, 0.4) is 0 Å². The average molecular weight is 555 g/mol. The maximum absolute atomic E-state index is 12.0. The Labute approximate surface area is 228 Å². The van der Waals surface area contributed by atoms with Gasteiger partial charge in [-0.3, -0.25) is 0 Å². The molecular weight excluding hydrogens is 532 g/mol. The zero-order valence-electron chi connectivity index (χ0n) is 20.6. The third kappa shape index (κ3) is 6.58. The molecule has 0 aliphatic rings. The monoisotopic (exact) mass is 554 g/mol. The molecule has 1 aromatic heterocycles. The highest BCUT2D eigenvalue weighted by molar-refractivity contribution is 8.03. The number of benzene rings is 3. The number of hydrogen-bond donors (Lipinski definition) is 1. The van der Waals surface area contributed by atoms with Gasteiger partial charge < -0.3 is 28.5 Å². The van der Waals surface area contributed by atoms with Crippen molar-refractivity contribution in [2.24, 2.45) is 0 Å². The average Bonchev–Trinajstić information content (AvgIpc) is 3.40. The molecule has 0 fully saturated rings. The van der Waals surface area contributed by atoms with Gasteiger partial charge in [0.1, 0.15) is 23.0 Å². The Hall–Kier alpha value is -4.15. The Bertz CT molecular complexity index is 1440. The van der Waals surface area contributed by atoms with E-state index in [-0.39, 0.29) is 21.0 Å². The van der Waals surface area contributed by atoms with E-state index >= 15 is 0 Å². The van der Waals surface area contributed by atoms with E-state index in [0.29, 0.717) is 40.7 Å². The molecule has 0 saturated carbocycles. The molecule has 3 aromatic carbocycles. The SMILES string of the molecule is COc1cc(OC)cc(-c2nnc(S/C(=C\c3cc(Cl)c(OCc4ccccc4)c(OC)c3)C(=O)O)o2)c1. The number of rotatable bonds is 11. The van der Waals surface area contributed by atoms with Crippen LogP contribution < -0.4 is 18.9 Å². The van der Waals surface area contributed by atoms with E-state index in [1.54, 1.807) is 30.3 Å². The van der Waals surface area contributed by atoms with Gasteiger partial charge in [-0.2, -0.15) is 0 Å². The number of carboxylic acid groups (broad SMARTS) is 1. The summed E-state index contributed by atoms with van der Waals surface area (Å²) in [5.74, 6) is 0.799. The quantitative estimate of drug-likeness (QED) is 0.169. The number of hydrogen-bond acceptors (Lipinski definition) is 9. The lowest BCUT2D eigenvalue weighted by atomic mass is 10.2. The molecule has 9 nitrogen and oxygen atoms in total. The summed E-state index contributed by atoms with van der Waals surface area (Å²) in [7, 11) is 4.54. The number of aromatic nitrogens is 2. The second-order valence-corrected chi connectivity index (χ2v) is 9.10. The number of thioether (sulfide) groups is 1. The molecule has 0 atom stereocenters. The zero-order chi connectivity index (χ0) is 27.1. The molecule has 0 radical (unpaired) electrons. The van der Waals surface area contributed by atoms with Crippen molar-refractivity contribution in [3.8, 4) is 34.5 Å². The van der Waals surface area contributed by atoms with Gasteiger partial charge in [-0.25, -0.2) is 4.79 Å². The number of carboxylic acids is 1. The number of carbonyl (C=O) groups is 1. The lowest BCUT2D eigenvalue weighted by molar-refractivity contribution is -0.131. The Morgan fingerprint density at radius 3 is 2.34 bits per heavy atom. The third-order valence-electron chi connectivity index (χ3n) is 5.19. The van der Waals surface area contributed by atoms with Gasteiger partial charge in [-0.1, -0.05) is 41.9 Å². The van der Waals surface area contributed by atoms with Crippen LogP contribution in [0, 0.1) is 0 Å². The highest BCUT2D eigenvalue weighted by Gasteiger charge is 2.19. The van der Waals surface area contributed by atoms with Crippen molar-refractivity contribution >= 4 is 35.4 Å². The molecule has 0 spiro atoms. The van der Waals surface area contributed by atoms with E-state index in [0.717, 1.165) is 17.3 Å². The van der Waals surface area contributed by atoms with Gasteiger partial charge >= 0.3 is 5.97 Å². The summed E-state index contributed by atoms with van der Waals surface area (Å²) in [6.45, 7) is 0.293. The number of nitrogens with zero attached hydrogens (tertiary/aromatic N) is 2. The summed E-state index contributed by atoms with van der Waals surface area (Å²) < 4.78 is 27.6. The van der Waals surface area contributed by atoms with Crippen molar-refractivity contribution in [2.45, 2.75) is 11.8 Å². The van der Waals surface area contributed by atoms with Crippen LogP contribution in [0.4, 0.5) is 0 Å². The van der Waals surface area contributed by atoms with E-state index in [1.165, 1.54) is 27.4 Å². The van der Waals surface area contributed by atoms with Crippen LogP contribution in [0.5, 0.6) is 23.0 Å². The van der Waals surface area contributed by atoms with Crippen LogP contribution in [0.1, 0.15) is 11.1 Å². The van der Waals surface area contributed by atoms with E-state index in [2.05, 4.69) is 10.2 Å². The molecule has 0 aliphatic heterocycles. The summed E-state index contributed by atoms with van der Waals surface area (Å²) in [6, 6.07) is 17.9. The minimum atomic E-state index is -1.18. The summed E-state index contributed by atoms with van der Waals surface area (Å²) in [6.07, 6.45) is 1.43. The fourth-order valence-corrected chi connectivity index (χ4v) is 4.32. The van der Waals surface area contributed by atoms with Gasteiger partial charge in [0.2, 0.25) is 5.89 Å². The molecule has 4 rings (SSSR count). The number of aliphatic carboxylic acids is 1. The molecule has 1 N–H and O–H groups in total. The summed E-state index contributed by atoms with van der Waals surface area (Å²) in [5.41, 5.74) is 2.01. The van der Waals surface area contributed by atoms with Crippen LogP contribution in [-0.4, -0.2) is 42.6 Å². The predicted molar refractivity (Wildman–Crippen MR) is 143 cm³/mol. The third-order valence-corrected chi connectivity index (χ3v) is 6.32. The molecule has 1 heterocycles. The fraction of sp³-hybridized carbons (Fsp3) is 0.148. The van der Waals surface area contributed by atoms with Gasteiger partial charge in [-0.05, 0) is 53.2 Å². The Morgan fingerprint density at radius 1 is 1.00 bits per heavy atom. The Balaban J connectivity index is 1.57. The lowest BCUT2D eigenvalue weighted by Gasteiger charge is -2.13. The lowest BCUT2D eigenvalue weighted by Crippen LogP contribution is -2.00. The molecule has 4 aromatic rings. The second kappa shape index (κ2) is 12.4. The van der Waals surface area contributed by atoms with Crippen molar-refractivity contribution < 1.29 is 33.3 Å². The first kappa shape index (κ1) is 26.9. The molecule has 0 unspecified atom stereocenters. The van der Waals surface area contributed by atoms with Crippen molar-refractivity contribution in [3.63, 3.8) is 0 Å². The topological polar surface area (TPSA) is 113 Å². The van der Waals surface area contributed by atoms with Gasteiger partial charge in [-0.15, -0.1) is 10.2 Å². The van der Waals surface area contributed by atoms with Crippen molar-refractivity contribution in [3.05, 3.63) is 81.7 Å². The maximum Gasteiger partial charge on any atom is 0.342 e. The van der Waals surface area contributed by atoms with Crippen LogP contribution in [-0.2, 0) is 11.4 Å². The van der Waals surface area contributed by atoms with Gasteiger partial charge in [0, 0.05) is 11.6 Å². The Kier molecular flexibility index (Phi) is 8.77. The van der Waals surface area contributed by atoms with E-state index < -0.39 is 5.97 Å². The van der Waals surface area contributed by atoms with Crippen LogP contribution >= 0.6 is 23.4 Å². The number of methoxy groups -OCH3 is 3. The standard InChI is InChI=1S/C27H23ClN2O7S/c1-33-19-12-18(13-20(14-19)34-2)25-29-30-27(37-25)38-23(26(31)32)11-17-9-21(28)24(22(10-17)35-3)36-15-16-7-5-4-6-8-16/h4-14H,15H2,1-3H3,(H,31,32)/b23-11-.